The summed E-state index contributed by atoms with van der Waals surface area (Å²) in [6.45, 7) is 4.68. The number of aryl methyl sites for hydroxylation is 2. The fourth-order valence-electron chi connectivity index (χ4n) is 2.55. The van der Waals surface area contributed by atoms with Gasteiger partial charge in [-0.2, -0.15) is 4.98 Å². The van der Waals surface area contributed by atoms with Gasteiger partial charge in [-0.1, -0.05) is 29.8 Å². The molecule has 1 aromatic heterocycles. The Labute approximate surface area is 158 Å². The molecule has 0 spiro atoms. The predicted molar refractivity (Wildman–Crippen MR) is 106 cm³/mol. The lowest BCUT2D eigenvalue weighted by atomic mass is 10.1. The quantitative estimate of drug-likeness (QED) is 0.639. The van der Waals surface area contributed by atoms with Gasteiger partial charge in [-0.25, -0.2) is 9.78 Å². The summed E-state index contributed by atoms with van der Waals surface area (Å²) in [7, 11) is 1.36. The number of carbonyl (C=O) groups is 1. The van der Waals surface area contributed by atoms with Gasteiger partial charge < -0.3 is 15.4 Å². The van der Waals surface area contributed by atoms with Crippen LogP contribution in [0.4, 0.5) is 17.5 Å². The summed E-state index contributed by atoms with van der Waals surface area (Å²) in [5, 5.41) is 6.49. The molecule has 0 radical (unpaired) electrons. The summed E-state index contributed by atoms with van der Waals surface area (Å²) in [6, 6.07) is 17.2. The average Bonchev–Trinajstić information content (AvgIpc) is 2.67. The number of methoxy groups -OCH3 is 1. The van der Waals surface area contributed by atoms with Crippen molar-refractivity contribution in [3.8, 4) is 0 Å². The SMILES string of the molecule is COC(=O)c1ccc(Nc2nc(C)cc(NCc3ccc(C)cc3)n2)cc1. The zero-order valence-corrected chi connectivity index (χ0v) is 15.6. The molecule has 27 heavy (non-hydrogen) atoms. The van der Waals surface area contributed by atoms with E-state index in [2.05, 4.69) is 51.8 Å². The Morgan fingerprint density at radius 1 is 1.00 bits per heavy atom. The monoisotopic (exact) mass is 362 g/mol. The van der Waals surface area contributed by atoms with Crippen LogP contribution in [0.5, 0.6) is 0 Å². The van der Waals surface area contributed by atoms with Crippen LogP contribution in [0, 0.1) is 13.8 Å². The standard InChI is InChI=1S/C21H22N4O2/c1-14-4-6-16(7-5-14)13-22-19-12-15(2)23-21(25-19)24-18-10-8-17(9-11-18)20(26)27-3/h4-12H,13H2,1-3H3,(H2,22,23,24,25). The zero-order valence-electron chi connectivity index (χ0n) is 15.6. The molecule has 3 aromatic rings. The minimum Gasteiger partial charge on any atom is -0.465 e. The first-order valence-electron chi connectivity index (χ1n) is 8.64. The molecule has 0 bridgehead atoms. The third-order valence-electron chi connectivity index (χ3n) is 4.01. The van der Waals surface area contributed by atoms with Crippen molar-refractivity contribution in [3.63, 3.8) is 0 Å². The largest absolute Gasteiger partial charge is 0.465 e. The molecule has 2 N–H and O–H groups in total. The van der Waals surface area contributed by atoms with E-state index in [1.165, 1.54) is 18.2 Å². The number of carbonyl (C=O) groups excluding carboxylic acids is 1. The average molecular weight is 362 g/mol. The van der Waals surface area contributed by atoms with Crippen LogP contribution >= 0.6 is 0 Å². The maximum atomic E-state index is 11.5. The molecule has 138 valence electrons. The topological polar surface area (TPSA) is 76.1 Å². The molecule has 0 fully saturated rings. The molecule has 0 saturated heterocycles. The van der Waals surface area contributed by atoms with Crippen LogP contribution in [0.15, 0.2) is 54.6 Å². The highest BCUT2D eigenvalue weighted by atomic mass is 16.5. The maximum absolute atomic E-state index is 11.5. The highest BCUT2D eigenvalue weighted by molar-refractivity contribution is 5.89. The summed E-state index contributed by atoms with van der Waals surface area (Å²) in [4.78, 5) is 20.4. The summed E-state index contributed by atoms with van der Waals surface area (Å²) in [5.41, 5.74) is 4.56. The van der Waals surface area contributed by atoms with Gasteiger partial charge in [0.05, 0.1) is 12.7 Å². The molecule has 3 rings (SSSR count). The number of ether oxygens (including phenoxy) is 1. The zero-order chi connectivity index (χ0) is 19.2. The Hall–Kier alpha value is -3.41. The molecular weight excluding hydrogens is 340 g/mol. The lowest BCUT2D eigenvalue weighted by molar-refractivity contribution is 0.0601. The molecule has 0 saturated carbocycles. The Morgan fingerprint density at radius 2 is 1.70 bits per heavy atom. The Bertz CT molecular complexity index is 922. The molecule has 0 aliphatic heterocycles. The van der Waals surface area contributed by atoms with Crippen molar-refractivity contribution in [2.45, 2.75) is 20.4 Å². The smallest absolute Gasteiger partial charge is 0.337 e. The number of hydrogen-bond acceptors (Lipinski definition) is 6. The minimum atomic E-state index is -0.365. The number of benzene rings is 2. The first-order chi connectivity index (χ1) is 13.0. The van der Waals surface area contributed by atoms with E-state index in [0.717, 1.165) is 17.2 Å². The van der Waals surface area contributed by atoms with Crippen LogP contribution in [0.2, 0.25) is 0 Å². The van der Waals surface area contributed by atoms with E-state index in [4.69, 9.17) is 4.74 Å². The van der Waals surface area contributed by atoms with Crippen molar-refractivity contribution in [2.24, 2.45) is 0 Å². The molecule has 0 aliphatic rings. The summed E-state index contributed by atoms with van der Waals surface area (Å²) >= 11 is 0. The second-order valence-electron chi connectivity index (χ2n) is 6.25. The van der Waals surface area contributed by atoms with Gasteiger partial charge in [-0.05, 0) is 43.7 Å². The Morgan fingerprint density at radius 3 is 2.37 bits per heavy atom. The first kappa shape index (κ1) is 18.4. The second kappa shape index (κ2) is 8.31. The van der Waals surface area contributed by atoms with E-state index < -0.39 is 0 Å². The van der Waals surface area contributed by atoms with Crippen molar-refractivity contribution >= 4 is 23.4 Å². The Kier molecular flexibility index (Phi) is 5.66. The van der Waals surface area contributed by atoms with Gasteiger partial charge in [0.25, 0.3) is 0 Å². The van der Waals surface area contributed by atoms with E-state index in [9.17, 15) is 4.79 Å². The van der Waals surface area contributed by atoms with Gasteiger partial charge in [0.2, 0.25) is 5.95 Å². The van der Waals surface area contributed by atoms with Crippen LogP contribution in [0.3, 0.4) is 0 Å². The van der Waals surface area contributed by atoms with Crippen LogP contribution in [-0.2, 0) is 11.3 Å². The lowest BCUT2D eigenvalue weighted by Gasteiger charge is -2.10. The molecule has 6 nitrogen and oxygen atoms in total. The van der Waals surface area contributed by atoms with Crippen molar-refractivity contribution < 1.29 is 9.53 Å². The number of nitrogens with one attached hydrogen (secondary N) is 2. The van der Waals surface area contributed by atoms with Gasteiger partial charge in [-0.3, -0.25) is 0 Å². The highest BCUT2D eigenvalue weighted by Crippen LogP contribution is 2.17. The van der Waals surface area contributed by atoms with Crippen molar-refractivity contribution in [1.82, 2.24) is 9.97 Å². The molecule has 0 amide bonds. The first-order valence-corrected chi connectivity index (χ1v) is 8.64. The van der Waals surface area contributed by atoms with E-state index in [0.29, 0.717) is 18.1 Å². The summed E-state index contributed by atoms with van der Waals surface area (Å²) < 4.78 is 4.70. The number of hydrogen-bond donors (Lipinski definition) is 2. The lowest BCUT2D eigenvalue weighted by Crippen LogP contribution is -2.06. The number of esters is 1. The van der Waals surface area contributed by atoms with Gasteiger partial charge in [0.1, 0.15) is 5.82 Å². The summed E-state index contributed by atoms with van der Waals surface area (Å²) in [5.74, 6) is 0.875. The third kappa shape index (κ3) is 5.04. The van der Waals surface area contributed by atoms with E-state index in [-0.39, 0.29) is 5.97 Å². The van der Waals surface area contributed by atoms with Crippen LogP contribution in [-0.4, -0.2) is 23.0 Å². The molecule has 6 heteroatoms. The molecule has 0 unspecified atom stereocenters. The summed E-state index contributed by atoms with van der Waals surface area (Å²) in [6.07, 6.45) is 0. The van der Waals surface area contributed by atoms with Crippen LogP contribution in [0.25, 0.3) is 0 Å². The van der Waals surface area contributed by atoms with Gasteiger partial charge >= 0.3 is 5.97 Å². The molecular formula is C21H22N4O2. The number of anilines is 3. The van der Waals surface area contributed by atoms with Gasteiger partial charge in [-0.15, -0.1) is 0 Å². The fourth-order valence-corrected chi connectivity index (χ4v) is 2.55. The van der Waals surface area contributed by atoms with Crippen molar-refractivity contribution in [1.29, 1.82) is 0 Å². The third-order valence-corrected chi connectivity index (χ3v) is 4.01. The normalized spacial score (nSPS) is 10.3. The molecule has 0 atom stereocenters. The number of rotatable bonds is 6. The fraction of sp³-hybridized carbons (Fsp3) is 0.190. The van der Waals surface area contributed by atoms with E-state index >= 15 is 0 Å². The van der Waals surface area contributed by atoms with E-state index in [1.807, 2.05) is 13.0 Å². The maximum Gasteiger partial charge on any atom is 0.337 e. The van der Waals surface area contributed by atoms with Gasteiger partial charge in [0.15, 0.2) is 0 Å². The molecule has 1 heterocycles. The Balaban J connectivity index is 1.69. The number of nitrogens with zero attached hydrogens (tertiary/aromatic N) is 2. The van der Waals surface area contributed by atoms with Gasteiger partial charge in [0, 0.05) is 24.0 Å². The minimum absolute atomic E-state index is 0.365. The van der Waals surface area contributed by atoms with Crippen molar-refractivity contribution in [2.75, 3.05) is 17.7 Å². The highest BCUT2D eigenvalue weighted by Gasteiger charge is 2.06. The van der Waals surface area contributed by atoms with Crippen molar-refractivity contribution in [3.05, 3.63) is 77.0 Å². The van der Waals surface area contributed by atoms with Crippen LogP contribution in [0.1, 0.15) is 27.2 Å². The molecule has 0 aliphatic carbocycles. The number of aromatic nitrogens is 2. The van der Waals surface area contributed by atoms with Crippen LogP contribution < -0.4 is 10.6 Å². The second-order valence-corrected chi connectivity index (χ2v) is 6.25. The predicted octanol–water partition coefficient (Wildman–Crippen LogP) is 4.24. The molecule has 2 aromatic carbocycles. The van der Waals surface area contributed by atoms with E-state index in [1.54, 1.807) is 24.3 Å².